The van der Waals surface area contributed by atoms with Gasteiger partial charge in [-0.1, -0.05) is 29.8 Å². The van der Waals surface area contributed by atoms with Crippen LogP contribution in [0.3, 0.4) is 0 Å². The summed E-state index contributed by atoms with van der Waals surface area (Å²) < 4.78 is 1.45. The van der Waals surface area contributed by atoms with E-state index in [0.29, 0.717) is 11.6 Å². The molecule has 0 aliphatic heterocycles. The van der Waals surface area contributed by atoms with Crippen LogP contribution in [0.2, 0.25) is 5.02 Å². The highest BCUT2D eigenvalue weighted by Crippen LogP contribution is 2.14. The van der Waals surface area contributed by atoms with Gasteiger partial charge in [-0.3, -0.25) is 3.11 Å². The lowest BCUT2D eigenvalue weighted by molar-refractivity contribution is 0.233. The third-order valence-electron chi connectivity index (χ3n) is 1.67. The molecule has 0 radical (unpaired) electrons. The number of rotatable bonds is 2. The van der Waals surface area contributed by atoms with E-state index in [9.17, 15) is 4.79 Å². The summed E-state index contributed by atoms with van der Waals surface area (Å²) in [6.07, 6.45) is 0. The molecule has 3 nitrogen and oxygen atoms in total. The monoisotopic (exact) mass is 324 g/mol. The van der Waals surface area contributed by atoms with Crippen LogP contribution in [0.4, 0.5) is 4.79 Å². The topological polar surface area (TPSA) is 32.3 Å². The summed E-state index contributed by atoms with van der Waals surface area (Å²) in [6.45, 7) is 0.450. The second kappa shape index (κ2) is 5.41. The van der Waals surface area contributed by atoms with Crippen molar-refractivity contribution in [3.05, 3.63) is 34.9 Å². The minimum Gasteiger partial charge on any atom is -0.333 e. The fraction of sp³-hybridized carbons (Fsp3) is 0.222. The van der Waals surface area contributed by atoms with Crippen LogP contribution in [-0.2, 0) is 6.54 Å². The van der Waals surface area contributed by atoms with E-state index in [0.717, 1.165) is 5.56 Å². The quantitative estimate of drug-likeness (QED) is 0.658. The van der Waals surface area contributed by atoms with Crippen molar-refractivity contribution in [2.24, 2.45) is 0 Å². The predicted octanol–water partition coefficient (Wildman–Crippen LogP) is 2.83. The van der Waals surface area contributed by atoms with Crippen molar-refractivity contribution in [1.82, 2.24) is 8.43 Å². The first-order chi connectivity index (χ1) is 6.61. The third-order valence-corrected chi connectivity index (χ3v) is 2.47. The lowest BCUT2D eigenvalue weighted by Gasteiger charge is -2.10. The number of carbonyl (C=O) groups excluding carboxylic acids is 1. The van der Waals surface area contributed by atoms with Crippen LogP contribution in [-0.4, -0.2) is 16.2 Å². The van der Waals surface area contributed by atoms with Crippen molar-refractivity contribution >= 4 is 40.5 Å². The van der Waals surface area contributed by atoms with Gasteiger partial charge in [-0.25, -0.2) is 4.79 Å². The number of hydrogen-bond donors (Lipinski definition) is 1. The van der Waals surface area contributed by atoms with Gasteiger partial charge in [0, 0.05) is 18.6 Å². The second-order valence-corrected chi connectivity index (χ2v) is 4.58. The molecule has 1 rings (SSSR count). The summed E-state index contributed by atoms with van der Waals surface area (Å²) in [6, 6.07) is 7.30. The van der Waals surface area contributed by atoms with Gasteiger partial charge in [0.2, 0.25) is 0 Å². The summed E-state index contributed by atoms with van der Waals surface area (Å²) in [7, 11) is 1.68. The van der Waals surface area contributed by atoms with Crippen LogP contribution in [0.15, 0.2) is 24.3 Å². The Kier molecular flexibility index (Phi) is 4.47. The van der Waals surface area contributed by atoms with Gasteiger partial charge in [-0.05, 0) is 11.6 Å². The standard InChI is InChI=1S/C9H10ClIN2O/c1-13(11)9(14)12-6-7-4-2-3-5-8(7)10/h2-5H,6H2,1H3,(H,12,14). The molecule has 0 fully saturated rings. The molecule has 0 atom stereocenters. The normalized spacial score (nSPS) is 9.64. The van der Waals surface area contributed by atoms with E-state index in [-0.39, 0.29) is 6.03 Å². The fourth-order valence-corrected chi connectivity index (χ4v) is 1.29. The smallest absolute Gasteiger partial charge is 0.326 e. The van der Waals surface area contributed by atoms with Crippen molar-refractivity contribution in [1.29, 1.82) is 0 Å². The molecule has 0 bridgehead atoms. The van der Waals surface area contributed by atoms with Gasteiger partial charge in [0.15, 0.2) is 0 Å². The van der Waals surface area contributed by atoms with E-state index in [1.807, 2.05) is 41.1 Å². The van der Waals surface area contributed by atoms with E-state index >= 15 is 0 Å². The highest BCUT2D eigenvalue weighted by atomic mass is 127. The molecule has 0 aromatic heterocycles. The zero-order valence-corrected chi connectivity index (χ0v) is 10.5. The van der Waals surface area contributed by atoms with Crippen LogP contribution in [0.5, 0.6) is 0 Å². The molecule has 0 unspecified atom stereocenters. The molecule has 1 aromatic carbocycles. The minimum atomic E-state index is -0.134. The van der Waals surface area contributed by atoms with Crippen molar-refractivity contribution < 1.29 is 4.79 Å². The lowest BCUT2D eigenvalue weighted by Crippen LogP contribution is -2.30. The first-order valence-electron chi connectivity index (χ1n) is 4.02. The molecule has 0 aliphatic rings. The maximum absolute atomic E-state index is 11.2. The van der Waals surface area contributed by atoms with Gasteiger partial charge < -0.3 is 5.32 Å². The van der Waals surface area contributed by atoms with Crippen molar-refractivity contribution in [3.63, 3.8) is 0 Å². The van der Waals surface area contributed by atoms with Gasteiger partial charge in [-0.2, -0.15) is 0 Å². The van der Waals surface area contributed by atoms with E-state index in [2.05, 4.69) is 5.32 Å². The Bertz CT molecular complexity index is 330. The Balaban J connectivity index is 2.54. The van der Waals surface area contributed by atoms with Crippen molar-refractivity contribution in [2.75, 3.05) is 7.05 Å². The van der Waals surface area contributed by atoms with E-state index in [1.54, 1.807) is 13.1 Å². The molecule has 1 aromatic rings. The summed E-state index contributed by atoms with van der Waals surface area (Å²) in [4.78, 5) is 11.2. The Labute approximate surface area is 102 Å². The predicted molar refractivity (Wildman–Crippen MR) is 65.5 cm³/mol. The molecule has 14 heavy (non-hydrogen) atoms. The Morgan fingerprint density at radius 3 is 2.79 bits per heavy atom. The van der Waals surface area contributed by atoms with Gasteiger partial charge >= 0.3 is 6.03 Å². The second-order valence-electron chi connectivity index (χ2n) is 2.73. The summed E-state index contributed by atoms with van der Waals surface area (Å²) in [5.74, 6) is 0. The number of amides is 2. The third kappa shape index (κ3) is 3.34. The number of benzene rings is 1. The number of nitrogens with zero attached hydrogens (tertiary/aromatic N) is 1. The van der Waals surface area contributed by atoms with Crippen LogP contribution >= 0.6 is 34.5 Å². The fourth-order valence-electron chi connectivity index (χ4n) is 0.922. The molecule has 0 spiro atoms. The molecule has 0 saturated carbocycles. The number of halogens is 2. The molecule has 1 N–H and O–H groups in total. The van der Waals surface area contributed by atoms with E-state index in [1.165, 1.54) is 3.11 Å². The Morgan fingerprint density at radius 1 is 1.57 bits per heavy atom. The van der Waals surface area contributed by atoms with Gasteiger partial charge in [0.1, 0.15) is 0 Å². The van der Waals surface area contributed by atoms with Crippen molar-refractivity contribution in [2.45, 2.75) is 6.54 Å². The zero-order valence-electron chi connectivity index (χ0n) is 7.63. The average Bonchev–Trinajstić information content (AvgIpc) is 2.16. The van der Waals surface area contributed by atoms with Crippen molar-refractivity contribution in [3.8, 4) is 0 Å². The summed E-state index contributed by atoms with van der Waals surface area (Å²) in [5.41, 5.74) is 0.917. The maximum atomic E-state index is 11.2. The molecule has 0 saturated heterocycles. The van der Waals surface area contributed by atoms with Gasteiger partial charge in [0.25, 0.3) is 0 Å². The van der Waals surface area contributed by atoms with Crippen LogP contribution in [0, 0.1) is 0 Å². The van der Waals surface area contributed by atoms with Crippen LogP contribution in [0.1, 0.15) is 5.56 Å². The number of nitrogens with one attached hydrogen (secondary N) is 1. The molecule has 0 heterocycles. The van der Waals surface area contributed by atoms with E-state index in [4.69, 9.17) is 11.6 Å². The van der Waals surface area contributed by atoms with Gasteiger partial charge in [-0.15, -0.1) is 0 Å². The lowest BCUT2D eigenvalue weighted by atomic mass is 10.2. The Morgan fingerprint density at radius 2 is 2.21 bits per heavy atom. The Hall–Kier alpha value is -0.490. The molecule has 76 valence electrons. The highest BCUT2D eigenvalue weighted by molar-refractivity contribution is 14.1. The first-order valence-corrected chi connectivity index (χ1v) is 5.36. The van der Waals surface area contributed by atoms with E-state index < -0.39 is 0 Å². The highest BCUT2D eigenvalue weighted by Gasteiger charge is 2.05. The number of carbonyl (C=O) groups is 1. The first kappa shape index (κ1) is 11.6. The maximum Gasteiger partial charge on any atom is 0.326 e. The molecule has 2 amide bonds. The number of hydrogen-bond acceptors (Lipinski definition) is 1. The number of urea groups is 1. The van der Waals surface area contributed by atoms with Crippen LogP contribution in [0.25, 0.3) is 0 Å². The minimum absolute atomic E-state index is 0.134. The summed E-state index contributed by atoms with van der Waals surface area (Å²) in [5, 5.41) is 3.40. The summed E-state index contributed by atoms with van der Waals surface area (Å²) >= 11 is 7.83. The zero-order chi connectivity index (χ0) is 10.6. The molecule has 5 heteroatoms. The average molecular weight is 325 g/mol. The molecule has 0 aliphatic carbocycles. The van der Waals surface area contributed by atoms with Gasteiger partial charge in [0.05, 0.1) is 22.9 Å². The van der Waals surface area contributed by atoms with Crippen LogP contribution < -0.4 is 5.32 Å². The molecular formula is C9H10ClIN2O. The SMILES string of the molecule is CN(I)C(=O)NCc1ccccc1Cl. The molecular weight excluding hydrogens is 314 g/mol. The largest absolute Gasteiger partial charge is 0.333 e.